The number of carbonyl (C=O) groups excluding carboxylic acids is 2. The molecule has 0 radical (unpaired) electrons. The maximum absolute atomic E-state index is 11.9. The van der Waals surface area contributed by atoms with Crippen molar-refractivity contribution in [3.63, 3.8) is 0 Å². The van der Waals surface area contributed by atoms with Crippen LogP contribution in [0.15, 0.2) is 24.3 Å². The van der Waals surface area contributed by atoms with E-state index in [0.717, 1.165) is 17.5 Å². The lowest BCUT2D eigenvalue weighted by atomic mass is 10.2. The topological polar surface area (TPSA) is 82.5 Å². The van der Waals surface area contributed by atoms with Crippen LogP contribution in [-0.2, 0) is 9.59 Å². The van der Waals surface area contributed by atoms with E-state index in [0.29, 0.717) is 12.3 Å². The molecular formula is C14H17N3O3S. The van der Waals surface area contributed by atoms with Crippen molar-refractivity contribution in [2.45, 2.75) is 18.6 Å². The van der Waals surface area contributed by atoms with E-state index in [-0.39, 0.29) is 23.4 Å². The van der Waals surface area contributed by atoms with Crippen molar-refractivity contribution in [1.82, 2.24) is 4.90 Å². The summed E-state index contributed by atoms with van der Waals surface area (Å²) in [5, 5.41) is 9.98. The maximum atomic E-state index is 11.9. The predicted molar refractivity (Wildman–Crippen MR) is 82.7 cm³/mol. The van der Waals surface area contributed by atoms with Crippen molar-refractivity contribution < 1.29 is 14.3 Å². The first kappa shape index (κ1) is 15.4. The second kappa shape index (κ2) is 6.62. The number of rotatable bonds is 5. The first-order valence-electron chi connectivity index (χ1n) is 6.56. The molecule has 2 amide bonds. The number of hydrogen-bond donors (Lipinski definition) is 2. The van der Waals surface area contributed by atoms with Crippen molar-refractivity contribution in [3.05, 3.63) is 24.3 Å². The van der Waals surface area contributed by atoms with E-state index in [1.807, 2.05) is 6.92 Å². The number of nitrogens with one attached hydrogen (secondary N) is 2. The summed E-state index contributed by atoms with van der Waals surface area (Å²) in [5.74, 6) is 0.298. The Labute approximate surface area is 127 Å². The van der Waals surface area contributed by atoms with Crippen LogP contribution >= 0.6 is 11.8 Å². The van der Waals surface area contributed by atoms with Gasteiger partial charge in [-0.15, -0.1) is 0 Å². The molecule has 2 rings (SSSR count). The van der Waals surface area contributed by atoms with Gasteiger partial charge < -0.3 is 10.1 Å². The molecule has 0 spiro atoms. The van der Waals surface area contributed by atoms with Crippen LogP contribution in [0.2, 0.25) is 0 Å². The Kier molecular flexibility index (Phi) is 4.85. The van der Waals surface area contributed by atoms with Gasteiger partial charge in [0.1, 0.15) is 11.0 Å². The quantitative estimate of drug-likeness (QED) is 0.870. The smallest absolute Gasteiger partial charge is 0.242 e. The number of ether oxygens (including phenoxy) is 1. The number of benzene rings is 1. The van der Waals surface area contributed by atoms with Gasteiger partial charge in [-0.3, -0.25) is 19.9 Å². The third kappa shape index (κ3) is 3.75. The molecular weight excluding hydrogens is 290 g/mol. The lowest BCUT2D eigenvalue weighted by Gasteiger charge is -2.09. The van der Waals surface area contributed by atoms with Crippen molar-refractivity contribution in [3.8, 4) is 5.75 Å². The zero-order valence-corrected chi connectivity index (χ0v) is 12.7. The van der Waals surface area contributed by atoms with E-state index in [4.69, 9.17) is 10.1 Å². The lowest BCUT2D eigenvalue weighted by molar-refractivity contribution is -0.127. The standard InChI is InChI=1S/C14H17N3O3S/c1-3-20-10-6-4-9(5-7-10)16-12(18)8-11-13(19)17(2)14(15)21-11/h4-7,11,15H,3,8H2,1-2H3,(H,16,18)/t11-/m0/s1. The van der Waals surface area contributed by atoms with E-state index in [1.54, 1.807) is 31.3 Å². The van der Waals surface area contributed by atoms with Crippen LogP contribution in [0.3, 0.4) is 0 Å². The highest BCUT2D eigenvalue weighted by molar-refractivity contribution is 8.15. The maximum Gasteiger partial charge on any atom is 0.242 e. The van der Waals surface area contributed by atoms with Gasteiger partial charge >= 0.3 is 0 Å². The largest absolute Gasteiger partial charge is 0.494 e. The summed E-state index contributed by atoms with van der Waals surface area (Å²) in [6.45, 7) is 2.49. The van der Waals surface area contributed by atoms with Gasteiger partial charge in [0.2, 0.25) is 11.8 Å². The predicted octanol–water partition coefficient (Wildman–Crippen LogP) is 1.92. The number of anilines is 1. The normalized spacial score (nSPS) is 18.0. The molecule has 0 aliphatic carbocycles. The summed E-state index contributed by atoms with van der Waals surface area (Å²) >= 11 is 1.11. The Morgan fingerprint density at radius 3 is 2.62 bits per heavy atom. The minimum Gasteiger partial charge on any atom is -0.494 e. The molecule has 2 N–H and O–H groups in total. The number of carbonyl (C=O) groups is 2. The fourth-order valence-corrected chi connectivity index (χ4v) is 2.90. The molecule has 21 heavy (non-hydrogen) atoms. The SMILES string of the molecule is CCOc1ccc(NC(=O)C[C@@H]2SC(=N)N(C)C2=O)cc1. The Morgan fingerprint density at radius 2 is 2.10 bits per heavy atom. The summed E-state index contributed by atoms with van der Waals surface area (Å²) in [4.78, 5) is 25.0. The molecule has 1 atom stereocenters. The summed E-state index contributed by atoms with van der Waals surface area (Å²) < 4.78 is 5.32. The second-order valence-corrected chi connectivity index (χ2v) is 5.71. The van der Waals surface area contributed by atoms with Crippen LogP contribution in [0, 0.1) is 5.41 Å². The first-order valence-corrected chi connectivity index (χ1v) is 7.44. The minimum atomic E-state index is -0.509. The summed E-state index contributed by atoms with van der Waals surface area (Å²) in [5.41, 5.74) is 0.655. The highest BCUT2D eigenvalue weighted by atomic mass is 32.2. The molecule has 0 saturated carbocycles. The Balaban J connectivity index is 1.90. The van der Waals surface area contributed by atoms with E-state index in [1.165, 1.54) is 4.90 Å². The molecule has 6 nitrogen and oxygen atoms in total. The first-order chi connectivity index (χ1) is 10.0. The molecule has 7 heteroatoms. The van der Waals surface area contributed by atoms with Crippen LogP contribution in [-0.4, -0.2) is 40.8 Å². The van der Waals surface area contributed by atoms with Gasteiger partial charge in [0.05, 0.1) is 6.61 Å². The molecule has 1 aliphatic heterocycles. The molecule has 1 fully saturated rings. The average molecular weight is 307 g/mol. The minimum absolute atomic E-state index is 0.0590. The molecule has 0 aromatic heterocycles. The van der Waals surface area contributed by atoms with E-state index in [9.17, 15) is 9.59 Å². The molecule has 1 aliphatic rings. The summed E-state index contributed by atoms with van der Waals surface area (Å²) in [7, 11) is 1.54. The Hall–Kier alpha value is -2.02. The summed E-state index contributed by atoms with van der Waals surface area (Å²) in [6.07, 6.45) is 0.0590. The van der Waals surface area contributed by atoms with Gasteiger partial charge in [-0.1, -0.05) is 11.8 Å². The average Bonchev–Trinajstić information content (AvgIpc) is 2.69. The molecule has 1 heterocycles. The number of thioether (sulfide) groups is 1. The zero-order chi connectivity index (χ0) is 15.4. The van der Waals surface area contributed by atoms with Crippen molar-refractivity contribution in [2.24, 2.45) is 0 Å². The monoisotopic (exact) mass is 307 g/mol. The van der Waals surface area contributed by atoms with Gasteiger partial charge in [-0.2, -0.15) is 0 Å². The summed E-state index contributed by atoms with van der Waals surface area (Å²) in [6, 6.07) is 7.05. The van der Waals surface area contributed by atoms with Crippen molar-refractivity contribution in [1.29, 1.82) is 5.41 Å². The van der Waals surface area contributed by atoms with Gasteiger partial charge in [0.15, 0.2) is 5.17 Å². The van der Waals surface area contributed by atoms with Crippen LogP contribution < -0.4 is 10.1 Å². The molecule has 0 bridgehead atoms. The Bertz CT molecular complexity index is 559. The van der Waals surface area contributed by atoms with Gasteiger partial charge in [0, 0.05) is 19.2 Å². The molecule has 1 saturated heterocycles. The van der Waals surface area contributed by atoms with Crippen LogP contribution in [0.5, 0.6) is 5.75 Å². The number of hydrogen-bond acceptors (Lipinski definition) is 5. The third-order valence-electron chi connectivity index (χ3n) is 2.98. The third-order valence-corrected chi connectivity index (χ3v) is 4.13. The highest BCUT2D eigenvalue weighted by Crippen LogP contribution is 2.27. The lowest BCUT2D eigenvalue weighted by Crippen LogP contribution is -2.29. The molecule has 1 aromatic carbocycles. The van der Waals surface area contributed by atoms with Gasteiger partial charge in [0.25, 0.3) is 0 Å². The van der Waals surface area contributed by atoms with Crippen LogP contribution in [0.1, 0.15) is 13.3 Å². The zero-order valence-electron chi connectivity index (χ0n) is 11.9. The van der Waals surface area contributed by atoms with Crippen LogP contribution in [0.4, 0.5) is 5.69 Å². The second-order valence-electron chi connectivity index (χ2n) is 4.52. The van der Waals surface area contributed by atoms with Crippen molar-refractivity contribution in [2.75, 3.05) is 19.0 Å². The van der Waals surface area contributed by atoms with Gasteiger partial charge in [-0.05, 0) is 31.2 Å². The van der Waals surface area contributed by atoms with Crippen LogP contribution in [0.25, 0.3) is 0 Å². The fourth-order valence-electron chi connectivity index (χ4n) is 1.89. The molecule has 0 unspecified atom stereocenters. The van der Waals surface area contributed by atoms with Gasteiger partial charge in [-0.25, -0.2) is 0 Å². The Morgan fingerprint density at radius 1 is 1.43 bits per heavy atom. The highest BCUT2D eigenvalue weighted by Gasteiger charge is 2.35. The van der Waals surface area contributed by atoms with Crippen molar-refractivity contribution >= 4 is 34.4 Å². The fraction of sp³-hybridized carbons (Fsp3) is 0.357. The molecule has 1 aromatic rings. The van der Waals surface area contributed by atoms with E-state index < -0.39 is 5.25 Å². The number of amides is 2. The van der Waals surface area contributed by atoms with E-state index in [2.05, 4.69) is 5.32 Å². The van der Waals surface area contributed by atoms with E-state index >= 15 is 0 Å². The number of amidine groups is 1. The molecule has 112 valence electrons. The number of nitrogens with zero attached hydrogens (tertiary/aromatic N) is 1.